The molecule has 15 heavy (non-hydrogen) atoms. The van der Waals surface area contributed by atoms with Crippen LogP contribution in [0.5, 0.6) is 0 Å². The van der Waals surface area contributed by atoms with E-state index in [9.17, 15) is 4.79 Å². The maximum atomic E-state index is 11.1. The van der Waals surface area contributed by atoms with E-state index in [1.54, 1.807) is 7.05 Å². The van der Waals surface area contributed by atoms with Crippen molar-refractivity contribution in [3.05, 3.63) is 0 Å². The van der Waals surface area contributed by atoms with Gasteiger partial charge in [0, 0.05) is 26.6 Å². The topological polar surface area (TPSA) is 32.3 Å². The van der Waals surface area contributed by atoms with Crippen molar-refractivity contribution < 1.29 is 4.79 Å². The second kappa shape index (κ2) is 6.11. The normalized spacial score (nSPS) is 22.3. The second-order valence-corrected chi connectivity index (χ2v) is 5.01. The van der Waals surface area contributed by atoms with E-state index < -0.39 is 0 Å². The van der Waals surface area contributed by atoms with E-state index in [2.05, 4.69) is 24.1 Å². The molecule has 0 spiro atoms. The molecule has 88 valence electrons. The van der Waals surface area contributed by atoms with Crippen LogP contribution in [0.25, 0.3) is 0 Å². The van der Waals surface area contributed by atoms with Crippen molar-refractivity contribution >= 4 is 5.91 Å². The predicted molar refractivity (Wildman–Crippen MR) is 62.7 cm³/mol. The summed E-state index contributed by atoms with van der Waals surface area (Å²) in [5.74, 6) is 1.81. The summed E-state index contributed by atoms with van der Waals surface area (Å²) in [5.41, 5.74) is 0. The molecular weight excluding hydrogens is 188 g/mol. The van der Waals surface area contributed by atoms with Crippen LogP contribution < -0.4 is 5.32 Å². The van der Waals surface area contributed by atoms with Crippen LogP contribution in [0.1, 0.15) is 33.1 Å². The quantitative estimate of drug-likeness (QED) is 0.749. The number of carbonyl (C=O) groups excluding carboxylic acids is 1. The van der Waals surface area contributed by atoms with Gasteiger partial charge < -0.3 is 10.2 Å². The molecule has 0 aromatic heterocycles. The number of hydrogen-bond donors (Lipinski definition) is 1. The van der Waals surface area contributed by atoms with Gasteiger partial charge in [-0.2, -0.15) is 0 Å². The molecule has 1 fully saturated rings. The SMILES string of the molecule is CNC(=O)CCN1CCC(CC(C)C)C1. The minimum atomic E-state index is 0.155. The van der Waals surface area contributed by atoms with Crippen LogP contribution in [0.3, 0.4) is 0 Å². The molecule has 0 radical (unpaired) electrons. The Morgan fingerprint density at radius 1 is 1.53 bits per heavy atom. The smallest absolute Gasteiger partial charge is 0.221 e. The van der Waals surface area contributed by atoms with E-state index in [0.29, 0.717) is 6.42 Å². The van der Waals surface area contributed by atoms with E-state index in [1.807, 2.05) is 0 Å². The fourth-order valence-corrected chi connectivity index (χ4v) is 2.36. The summed E-state index contributed by atoms with van der Waals surface area (Å²) in [6.45, 7) is 7.86. The average Bonchev–Trinajstić information content (AvgIpc) is 2.61. The van der Waals surface area contributed by atoms with E-state index in [0.717, 1.165) is 18.4 Å². The lowest BCUT2D eigenvalue weighted by atomic mass is 9.97. The third kappa shape index (κ3) is 4.65. The van der Waals surface area contributed by atoms with E-state index >= 15 is 0 Å². The zero-order valence-corrected chi connectivity index (χ0v) is 10.3. The van der Waals surface area contributed by atoms with Gasteiger partial charge in [-0.25, -0.2) is 0 Å². The molecule has 3 nitrogen and oxygen atoms in total. The highest BCUT2D eigenvalue weighted by Crippen LogP contribution is 2.22. The Morgan fingerprint density at radius 3 is 2.87 bits per heavy atom. The van der Waals surface area contributed by atoms with Crippen molar-refractivity contribution in [2.24, 2.45) is 11.8 Å². The third-order valence-corrected chi connectivity index (χ3v) is 3.11. The molecular formula is C12H24N2O. The average molecular weight is 212 g/mol. The molecule has 1 rings (SSSR count). The summed E-state index contributed by atoms with van der Waals surface area (Å²) in [7, 11) is 1.70. The highest BCUT2D eigenvalue weighted by Gasteiger charge is 2.22. The minimum absolute atomic E-state index is 0.155. The first kappa shape index (κ1) is 12.5. The van der Waals surface area contributed by atoms with Crippen LogP contribution in [0, 0.1) is 11.8 Å². The maximum Gasteiger partial charge on any atom is 0.221 e. The summed E-state index contributed by atoms with van der Waals surface area (Å²) < 4.78 is 0. The Kier molecular flexibility index (Phi) is 5.09. The van der Waals surface area contributed by atoms with Crippen molar-refractivity contribution in [2.45, 2.75) is 33.1 Å². The molecule has 1 aliphatic heterocycles. The molecule has 3 heteroatoms. The van der Waals surface area contributed by atoms with E-state index in [4.69, 9.17) is 0 Å². The molecule has 0 saturated carbocycles. The molecule has 1 unspecified atom stereocenters. The standard InChI is InChI=1S/C12H24N2O/c1-10(2)8-11-4-6-14(9-11)7-5-12(15)13-3/h10-11H,4-9H2,1-3H3,(H,13,15). The molecule has 0 aliphatic carbocycles. The van der Waals surface area contributed by atoms with Crippen LogP contribution in [-0.4, -0.2) is 37.5 Å². The van der Waals surface area contributed by atoms with Crippen molar-refractivity contribution in [3.8, 4) is 0 Å². The van der Waals surface area contributed by atoms with Crippen LogP contribution >= 0.6 is 0 Å². The van der Waals surface area contributed by atoms with Gasteiger partial charge in [-0.05, 0) is 31.2 Å². The molecule has 0 aromatic rings. The Bertz CT molecular complexity index is 204. The molecule has 1 N–H and O–H groups in total. The number of amides is 1. The summed E-state index contributed by atoms with van der Waals surface area (Å²) in [6.07, 6.45) is 3.29. The fraction of sp³-hybridized carbons (Fsp3) is 0.917. The van der Waals surface area contributed by atoms with Gasteiger partial charge in [-0.15, -0.1) is 0 Å². The number of likely N-dealkylation sites (tertiary alicyclic amines) is 1. The van der Waals surface area contributed by atoms with Gasteiger partial charge in [0.2, 0.25) is 5.91 Å². The fourth-order valence-electron chi connectivity index (χ4n) is 2.36. The van der Waals surface area contributed by atoms with Crippen LogP contribution in [0.15, 0.2) is 0 Å². The summed E-state index contributed by atoms with van der Waals surface area (Å²) >= 11 is 0. The molecule has 0 aromatic carbocycles. The highest BCUT2D eigenvalue weighted by atomic mass is 16.1. The largest absolute Gasteiger partial charge is 0.359 e. The van der Waals surface area contributed by atoms with Gasteiger partial charge in [0.1, 0.15) is 0 Å². The number of carbonyl (C=O) groups is 1. The van der Waals surface area contributed by atoms with Gasteiger partial charge in [0.15, 0.2) is 0 Å². The Hall–Kier alpha value is -0.570. The Morgan fingerprint density at radius 2 is 2.27 bits per heavy atom. The van der Waals surface area contributed by atoms with Crippen LogP contribution in [-0.2, 0) is 4.79 Å². The number of nitrogens with zero attached hydrogens (tertiary/aromatic N) is 1. The number of hydrogen-bond acceptors (Lipinski definition) is 2. The predicted octanol–water partition coefficient (Wildman–Crippen LogP) is 1.49. The monoisotopic (exact) mass is 212 g/mol. The summed E-state index contributed by atoms with van der Waals surface area (Å²) in [4.78, 5) is 13.5. The lowest BCUT2D eigenvalue weighted by Crippen LogP contribution is -2.27. The van der Waals surface area contributed by atoms with Crippen molar-refractivity contribution in [1.82, 2.24) is 10.2 Å². The Labute approximate surface area is 93.2 Å². The molecule has 0 bridgehead atoms. The maximum absolute atomic E-state index is 11.1. The molecule has 1 saturated heterocycles. The van der Waals surface area contributed by atoms with Crippen molar-refractivity contribution in [1.29, 1.82) is 0 Å². The number of nitrogens with one attached hydrogen (secondary N) is 1. The van der Waals surface area contributed by atoms with Gasteiger partial charge in [0.25, 0.3) is 0 Å². The van der Waals surface area contributed by atoms with E-state index in [1.165, 1.54) is 25.9 Å². The zero-order chi connectivity index (χ0) is 11.3. The Balaban J connectivity index is 2.16. The summed E-state index contributed by atoms with van der Waals surface area (Å²) in [6, 6.07) is 0. The molecule has 1 atom stereocenters. The first-order chi connectivity index (χ1) is 7.11. The van der Waals surface area contributed by atoms with Gasteiger partial charge >= 0.3 is 0 Å². The third-order valence-electron chi connectivity index (χ3n) is 3.11. The highest BCUT2D eigenvalue weighted by molar-refractivity contribution is 5.75. The molecule has 1 amide bonds. The summed E-state index contributed by atoms with van der Waals surface area (Å²) in [5, 5.41) is 2.67. The second-order valence-electron chi connectivity index (χ2n) is 5.01. The number of rotatable bonds is 5. The van der Waals surface area contributed by atoms with Crippen LogP contribution in [0.4, 0.5) is 0 Å². The minimum Gasteiger partial charge on any atom is -0.359 e. The van der Waals surface area contributed by atoms with Gasteiger partial charge in [-0.1, -0.05) is 13.8 Å². The van der Waals surface area contributed by atoms with Crippen LogP contribution in [0.2, 0.25) is 0 Å². The molecule has 1 heterocycles. The van der Waals surface area contributed by atoms with Gasteiger partial charge in [-0.3, -0.25) is 4.79 Å². The first-order valence-corrected chi connectivity index (χ1v) is 6.04. The van der Waals surface area contributed by atoms with Crippen molar-refractivity contribution in [3.63, 3.8) is 0 Å². The van der Waals surface area contributed by atoms with Crippen molar-refractivity contribution in [2.75, 3.05) is 26.7 Å². The molecule has 1 aliphatic rings. The zero-order valence-electron chi connectivity index (χ0n) is 10.3. The van der Waals surface area contributed by atoms with Gasteiger partial charge in [0.05, 0.1) is 0 Å². The van der Waals surface area contributed by atoms with E-state index in [-0.39, 0.29) is 5.91 Å². The first-order valence-electron chi connectivity index (χ1n) is 6.04. The lowest BCUT2D eigenvalue weighted by Gasteiger charge is -2.16. The lowest BCUT2D eigenvalue weighted by molar-refractivity contribution is -0.120.